The van der Waals surface area contributed by atoms with Crippen molar-refractivity contribution in [1.29, 1.82) is 0 Å². The number of ether oxygens (including phenoxy) is 1. The van der Waals surface area contributed by atoms with E-state index in [-0.39, 0.29) is 42.5 Å². The smallest absolute Gasteiger partial charge is 0.274 e. The van der Waals surface area contributed by atoms with Crippen molar-refractivity contribution in [3.63, 3.8) is 0 Å². The Morgan fingerprint density at radius 1 is 1.32 bits per heavy atom. The second kappa shape index (κ2) is 7.54. The molecule has 12 heteroatoms. The third kappa shape index (κ3) is 3.51. The van der Waals surface area contributed by atoms with E-state index in [1.165, 1.54) is 25.2 Å². The van der Waals surface area contributed by atoms with E-state index in [1.54, 1.807) is 0 Å². The lowest BCUT2D eigenvalue weighted by Gasteiger charge is -2.45. The van der Waals surface area contributed by atoms with Crippen molar-refractivity contribution in [2.24, 2.45) is 10.7 Å². The molecule has 2 atom stereocenters. The first-order valence-corrected chi connectivity index (χ1v) is 10.8. The van der Waals surface area contributed by atoms with Gasteiger partial charge in [0, 0.05) is 24.9 Å². The Morgan fingerprint density at radius 3 is 2.81 bits per heavy atom. The van der Waals surface area contributed by atoms with Crippen molar-refractivity contribution in [2.75, 3.05) is 25.6 Å². The van der Waals surface area contributed by atoms with Crippen molar-refractivity contribution < 1.29 is 26.7 Å². The van der Waals surface area contributed by atoms with Crippen LogP contribution in [0.5, 0.6) is 0 Å². The SMILES string of the molecule is CN1C(N)=NC2(c3cc(NC(=O)c4ccc(F)cn4)ccc3F)COCCC2S1(=O)=O. The summed E-state index contributed by atoms with van der Waals surface area (Å²) in [6.45, 7) is -0.0253. The number of nitrogens with one attached hydrogen (secondary N) is 1. The summed E-state index contributed by atoms with van der Waals surface area (Å²) >= 11 is 0. The van der Waals surface area contributed by atoms with Crippen LogP contribution in [0, 0.1) is 11.6 Å². The number of aromatic nitrogens is 1. The predicted molar refractivity (Wildman–Crippen MR) is 108 cm³/mol. The average Bonchev–Trinajstić information content (AvgIpc) is 2.74. The van der Waals surface area contributed by atoms with Gasteiger partial charge in [0.25, 0.3) is 5.91 Å². The summed E-state index contributed by atoms with van der Waals surface area (Å²) in [5, 5.41) is 1.45. The minimum Gasteiger partial charge on any atom is -0.378 e. The van der Waals surface area contributed by atoms with E-state index in [4.69, 9.17) is 10.5 Å². The van der Waals surface area contributed by atoms with Crippen LogP contribution in [0.2, 0.25) is 0 Å². The Kier molecular flexibility index (Phi) is 5.13. The zero-order valence-corrected chi connectivity index (χ0v) is 17.2. The van der Waals surface area contributed by atoms with E-state index >= 15 is 0 Å². The van der Waals surface area contributed by atoms with Gasteiger partial charge in [-0.05, 0) is 36.8 Å². The van der Waals surface area contributed by atoms with Crippen LogP contribution in [0.15, 0.2) is 41.5 Å². The van der Waals surface area contributed by atoms with E-state index in [1.807, 2.05) is 0 Å². The van der Waals surface area contributed by atoms with Crippen LogP contribution in [-0.2, 0) is 20.3 Å². The molecule has 2 aliphatic rings. The number of anilines is 1. The van der Waals surface area contributed by atoms with E-state index in [2.05, 4.69) is 15.3 Å². The molecule has 0 bridgehead atoms. The molecule has 1 saturated heterocycles. The molecule has 0 aliphatic carbocycles. The Hall–Kier alpha value is -3.12. The quantitative estimate of drug-likeness (QED) is 0.722. The lowest BCUT2D eigenvalue weighted by atomic mass is 9.84. The van der Waals surface area contributed by atoms with Crippen molar-refractivity contribution >= 4 is 27.6 Å². The highest BCUT2D eigenvalue weighted by molar-refractivity contribution is 7.90. The highest BCUT2D eigenvalue weighted by atomic mass is 32.2. The maximum atomic E-state index is 15.0. The zero-order valence-electron chi connectivity index (χ0n) is 16.4. The van der Waals surface area contributed by atoms with Crippen molar-refractivity contribution in [3.8, 4) is 0 Å². The number of nitrogens with zero attached hydrogens (tertiary/aromatic N) is 3. The fourth-order valence-electron chi connectivity index (χ4n) is 3.80. The fraction of sp³-hybridized carbons (Fsp3) is 0.316. The maximum Gasteiger partial charge on any atom is 0.274 e. The van der Waals surface area contributed by atoms with Gasteiger partial charge in [-0.1, -0.05) is 0 Å². The number of fused-ring (bicyclic) bond motifs is 1. The fourth-order valence-corrected chi connectivity index (χ4v) is 5.61. The summed E-state index contributed by atoms with van der Waals surface area (Å²) < 4.78 is 60.4. The third-order valence-corrected chi connectivity index (χ3v) is 7.70. The van der Waals surface area contributed by atoms with Crippen LogP contribution in [0.25, 0.3) is 0 Å². The van der Waals surface area contributed by atoms with E-state index in [9.17, 15) is 22.0 Å². The number of carbonyl (C=O) groups excluding carboxylic acids is 1. The van der Waals surface area contributed by atoms with Crippen molar-refractivity contribution in [1.82, 2.24) is 9.29 Å². The van der Waals surface area contributed by atoms with Crippen molar-refractivity contribution in [2.45, 2.75) is 17.2 Å². The topological polar surface area (TPSA) is 127 Å². The van der Waals surface area contributed by atoms with E-state index in [0.29, 0.717) is 0 Å². The lowest BCUT2D eigenvalue weighted by Crippen LogP contribution is -2.61. The van der Waals surface area contributed by atoms with Crippen LogP contribution in [-0.4, -0.2) is 55.1 Å². The molecule has 0 radical (unpaired) electrons. The van der Waals surface area contributed by atoms with Crippen LogP contribution in [0.3, 0.4) is 0 Å². The summed E-state index contributed by atoms with van der Waals surface area (Å²) in [7, 11) is -2.63. The highest BCUT2D eigenvalue weighted by Crippen LogP contribution is 2.44. The van der Waals surface area contributed by atoms with Gasteiger partial charge in [0.1, 0.15) is 28.1 Å². The number of rotatable bonds is 3. The molecule has 3 N–H and O–H groups in total. The summed E-state index contributed by atoms with van der Waals surface area (Å²) in [5.41, 5.74) is 4.31. The number of hydrogen-bond acceptors (Lipinski definition) is 7. The molecule has 9 nitrogen and oxygen atoms in total. The summed E-state index contributed by atoms with van der Waals surface area (Å²) in [5.74, 6) is -2.25. The molecule has 31 heavy (non-hydrogen) atoms. The molecule has 2 aromatic rings. The molecule has 164 valence electrons. The second-order valence-electron chi connectivity index (χ2n) is 7.25. The number of amides is 1. The first-order chi connectivity index (χ1) is 14.6. The molecular formula is C19H19F2N5O4S. The first-order valence-electron chi connectivity index (χ1n) is 9.29. The Morgan fingerprint density at radius 2 is 2.10 bits per heavy atom. The van der Waals surface area contributed by atoms with Gasteiger partial charge in [0.2, 0.25) is 16.0 Å². The summed E-state index contributed by atoms with van der Waals surface area (Å²) in [4.78, 5) is 20.5. The Labute approximate surface area is 177 Å². The molecule has 4 rings (SSSR count). The van der Waals surface area contributed by atoms with Gasteiger partial charge in [-0.3, -0.25) is 4.79 Å². The molecular weight excluding hydrogens is 432 g/mol. The van der Waals surface area contributed by atoms with Crippen LogP contribution in [0.4, 0.5) is 14.5 Å². The predicted octanol–water partition coefficient (Wildman–Crippen LogP) is 1.19. The third-order valence-electron chi connectivity index (χ3n) is 5.41. The van der Waals surface area contributed by atoms with E-state index in [0.717, 1.165) is 22.6 Å². The summed E-state index contributed by atoms with van der Waals surface area (Å²) in [6.07, 6.45) is 0.994. The molecule has 1 aromatic carbocycles. The molecule has 1 amide bonds. The van der Waals surface area contributed by atoms with Gasteiger partial charge in [-0.25, -0.2) is 31.5 Å². The van der Waals surface area contributed by atoms with Crippen LogP contribution < -0.4 is 11.1 Å². The number of aliphatic imine (C=N–C) groups is 1. The van der Waals surface area contributed by atoms with Gasteiger partial charge in [0.15, 0.2) is 0 Å². The zero-order chi connectivity index (χ0) is 22.4. The standard InChI is InChI=1S/C19H19F2N5O4S/c1-26-18(22)25-19(10-30-7-6-16(19)31(26,28)29)13-8-12(3-4-14(13)21)24-17(27)15-5-2-11(20)9-23-15/h2-5,8-9,16H,6-7,10H2,1H3,(H2,22,25)(H,24,27). The molecule has 3 heterocycles. The molecule has 1 aromatic heterocycles. The highest BCUT2D eigenvalue weighted by Gasteiger charge is 2.56. The largest absolute Gasteiger partial charge is 0.378 e. The second-order valence-corrected chi connectivity index (χ2v) is 9.39. The van der Waals surface area contributed by atoms with Gasteiger partial charge in [0.05, 0.1) is 12.8 Å². The van der Waals surface area contributed by atoms with Gasteiger partial charge in [-0.15, -0.1) is 0 Å². The average molecular weight is 451 g/mol. The van der Waals surface area contributed by atoms with Crippen molar-refractivity contribution in [3.05, 3.63) is 59.4 Å². The maximum absolute atomic E-state index is 15.0. The molecule has 2 unspecified atom stereocenters. The number of carbonyl (C=O) groups is 1. The molecule has 0 spiro atoms. The Balaban J connectivity index is 1.77. The number of pyridine rings is 1. The Bertz CT molecular complexity index is 1170. The minimum atomic E-state index is -3.92. The monoisotopic (exact) mass is 451 g/mol. The van der Waals surface area contributed by atoms with Gasteiger partial charge < -0.3 is 15.8 Å². The number of sulfonamides is 1. The molecule has 2 aliphatic heterocycles. The molecule has 0 saturated carbocycles. The first kappa shape index (κ1) is 21.1. The van der Waals surface area contributed by atoms with E-state index < -0.39 is 38.4 Å². The van der Waals surface area contributed by atoms with Crippen LogP contribution >= 0.6 is 0 Å². The normalized spacial score (nSPS) is 24.8. The lowest BCUT2D eigenvalue weighted by molar-refractivity contribution is 0.0361. The number of nitrogens with two attached hydrogens (primary N) is 1. The summed E-state index contributed by atoms with van der Waals surface area (Å²) in [6, 6.07) is 6.00. The number of guanidine groups is 1. The minimum absolute atomic E-state index is 0.0477. The number of halogens is 2. The number of benzene rings is 1. The van der Waals surface area contributed by atoms with Gasteiger partial charge >= 0.3 is 0 Å². The molecule has 1 fully saturated rings. The number of hydrogen-bond donors (Lipinski definition) is 2. The van der Waals surface area contributed by atoms with Crippen LogP contribution in [0.1, 0.15) is 22.5 Å². The van der Waals surface area contributed by atoms with Gasteiger partial charge in [-0.2, -0.15) is 0 Å².